The molecule has 0 spiro atoms. The van der Waals surface area contributed by atoms with Gasteiger partial charge in [0.2, 0.25) is 0 Å². The summed E-state index contributed by atoms with van der Waals surface area (Å²) in [6, 6.07) is 17.7. The summed E-state index contributed by atoms with van der Waals surface area (Å²) in [6.45, 7) is 3.94. The fourth-order valence-corrected chi connectivity index (χ4v) is 5.60. The zero-order chi connectivity index (χ0) is 27.4. The first-order valence-corrected chi connectivity index (χ1v) is 13.6. The third-order valence-corrected chi connectivity index (χ3v) is 7.49. The van der Waals surface area contributed by atoms with Gasteiger partial charge in [-0.1, -0.05) is 85.3 Å². The second-order valence-electron chi connectivity index (χ2n) is 8.60. The van der Waals surface area contributed by atoms with Crippen molar-refractivity contribution >= 4 is 80.8 Å². The van der Waals surface area contributed by atoms with Crippen molar-refractivity contribution in [1.29, 1.82) is 0 Å². The number of hydrogen-bond acceptors (Lipinski definition) is 6. The van der Waals surface area contributed by atoms with Crippen LogP contribution in [-0.4, -0.2) is 29.9 Å². The Balaban J connectivity index is 1.46. The highest BCUT2D eigenvalue weighted by atomic mass is 35.5. The van der Waals surface area contributed by atoms with E-state index in [-0.39, 0.29) is 24.3 Å². The summed E-state index contributed by atoms with van der Waals surface area (Å²) in [5.74, 6) is 0.516. The van der Waals surface area contributed by atoms with Crippen LogP contribution in [0.4, 0.5) is 11.4 Å². The molecule has 0 radical (unpaired) electrons. The second-order valence-corrected chi connectivity index (χ2v) is 11.1. The summed E-state index contributed by atoms with van der Waals surface area (Å²) in [5, 5.41) is 3.70. The molecule has 1 N–H and O–H groups in total. The van der Waals surface area contributed by atoms with Crippen molar-refractivity contribution in [2.24, 2.45) is 0 Å². The Morgan fingerprint density at radius 3 is 2.58 bits per heavy atom. The van der Waals surface area contributed by atoms with Gasteiger partial charge in [-0.05, 0) is 59.5 Å². The highest BCUT2D eigenvalue weighted by Gasteiger charge is 2.34. The van der Waals surface area contributed by atoms with Crippen LogP contribution in [0.25, 0.3) is 6.08 Å². The van der Waals surface area contributed by atoms with Crippen molar-refractivity contribution in [1.82, 2.24) is 0 Å². The van der Waals surface area contributed by atoms with Gasteiger partial charge in [0.15, 0.2) is 22.4 Å². The van der Waals surface area contributed by atoms with Crippen LogP contribution in [0, 0.1) is 0 Å². The van der Waals surface area contributed by atoms with Gasteiger partial charge in [-0.3, -0.25) is 14.5 Å². The lowest BCUT2D eigenvalue weighted by molar-refractivity contribution is -0.118. The predicted molar refractivity (Wildman–Crippen MR) is 160 cm³/mol. The van der Waals surface area contributed by atoms with Gasteiger partial charge in [-0.25, -0.2) is 0 Å². The molecule has 0 saturated carbocycles. The van der Waals surface area contributed by atoms with E-state index in [1.165, 1.54) is 23.8 Å². The monoisotopic (exact) mass is 586 g/mol. The third-order valence-electron chi connectivity index (χ3n) is 5.65. The lowest BCUT2D eigenvalue weighted by atomic mass is 10.0. The van der Waals surface area contributed by atoms with E-state index in [2.05, 4.69) is 19.2 Å². The molecule has 0 atom stereocenters. The van der Waals surface area contributed by atoms with Crippen molar-refractivity contribution in [2.75, 3.05) is 23.9 Å². The van der Waals surface area contributed by atoms with E-state index in [0.717, 1.165) is 11.3 Å². The molecule has 4 rings (SSSR count). The first-order valence-electron chi connectivity index (χ1n) is 11.6. The molecule has 0 aromatic heterocycles. The topological polar surface area (TPSA) is 67.9 Å². The van der Waals surface area contributed by atoms with Crippen LogP contribution in [0.2, 0.25) is 10.0 Å². The number of nitrogens with zero attached hydrogens (tertiary/aromatic N) is 1. The quantitative estimate of drug-likeness (QED) is 0.217. The number of amides is 2. The first-order chi connectivity index (χ1) is 18.2. The molecule has 0 unspecified atom stereocenters. The van der Waals surface area contributed by atoms with Gasteiger partial charge in [-0.15, -0.1) is 0 Å². The molecule has 6 nitrogen and oxygen atoms in total. The molecule has 0 aliphatic carbocycles. The number of halogens is 2. The second kappa shape index (κ2) is 12.2. The molecule has 196 valence electrons. The van der Waals surface area contributed by atoms with Gasteiger partial charge in [0.1, 0.15) is 0 Å². The Morgan fingerprint density at radius 1 is 1.11 bits per heavy atom. The third kappa shape index (κ3) is 6.32. The summed E-state index contributed by atoms with van der Waals surface area (Å²) in [5.41, 5.74) is 2.98. The average Bonchev–Trinajstić information content (AvgIpc) is 3.15. The Kier molecular flexibility index (Phi) is 8.99. The van der Waals surface area contributed by atoms with E-state index in [9.17, 15) is 9.59 Å². The average molecular weight is 588 g/mol. The minimum atomic E-state index is -0.290. The molecule has 1 saturated heterocycles. The number of thiocarbonyl (C=S) groups is 1. The van der Waals surface area contributed by atoms with Crippen molar-refractivity contribution in [3.05, 3.63) is 86.7 Å². The summed E-state index contributed by atoms with van der Waals surface area (Å²) < 4.78 is 11.6. The van der Waals surface area contributed by atoms with Crippen molar-refractivity contribution in [3.8, 4) is 11.5 Å². The summed E-state index contributed by atoms with van der Waals surface area (Å²) in [6.07, 6.45) is 1.71. The van der Waals surface area contributed by atoms with Gasteiger partial charge in [0.25, 0.3) is 11.8 Å². The van der Waals surface area contributed by atoms with Crippen LogP contribution >= 0.6 is 47.2 Å². The molecular weight excluding hydrogens is 563 g/mol. The molecule has 2 amide bonds. The lowest BCUT2D eigenvalue weighted by Crippen LogP contribution is -2.27. The van der Waals surface area contributed by atoms with E-state index < -0.39 is 0 Å². The molecule has 1 aliphatic heterocycles. The zero-order valence-electron chi connectivity index (χ0n) is 20.8. The SMILES string of the molecule is COc1cc(/C=C2/SC(=S)N(c3ccc(Cl)cc3Cl)C2=O)ccc1OCC(=O)Nc1ccccc1C(C)C. The largest absolute Gasteiger partial charge is 0.493 e. The number of benzene rings is 3. The zero-order valence-corrected chi connectivity index (χ0v) is 23.9. The molecule has 38 heavy (non-hydrogen) atoms. The van der Waals surface area contributed by atoms with Crippen LogP contribution in [0.1, 0.15) is 30.9 Å². The van der Waals surface area contributed by atoms with Gasteiger partial charge in [0, 0.05) is 10.7 Å². The lowest BCUT2D eigenvalue weighted by Gasteiger charge is -2.16. The van der Waals surface area contributed by atoms with Crippen molar-refractivity contribution < 1.29 is 19.1 Å². The number of rotatable bonds is 8. The Bertz CT molecular complexity index is 1440. The number of anilines is 2. The Labute approximate surface area is 240 Å². The van der Waals surface area contributed by atoms with E-state index >= 15 is 0 Å². The first kappa shape index (κ1) is 28.0. The van der Waals surface area contributed by atoms with Crippen LogP contribution in [0.15, 0.2) is 65.6 Å². The van der Waals surface area contributed by atoms with Crippen LogP contribution in [0.3, 0.4) is 0 Å². The molecule has 3 aromatic rings. The molecule has 1 heterocycles. The van der Waals surface area contributed by atoms with E-state index in [1.54, 1.807) is 42.5 Å². The standard InChI is InChI=1S/C28H24Cl2N2O4S2/c1-16(2)19-6-4-5-7-21(19)31-26(33)15-36-23-11-8-17(12-24(23)35-3)13-25-27(34)32(28(37)38-25)22-10-9-18(29)14-20(22)30/h4-14,16H,15H2,1-3H3,(H,31,33)/b25-13+. The highest BCUT2D eigenvalue weighted by Crippen LogP contribution is 2.40. The smallest absolute Gasteiger partial charge is 0.270 e. The molecule has 3 aromatic carbocycles. The number of thioether (sulfide) groups is 1. The van der Waals surface area contributed by atoms with Crippen LogP contribution in [-0.2, 0) is 9.59 Å². The minimum absolute atomic E-state index is 0.192. The van der Waals surface area contributed by atoms with E-state index in [4.69, 9.17) is 44.9 Å². The number of hydrogen-bond donors (Lipinski definition) is 1. The van der Waals surface area contributed by atoms with Gasteiger partial charge >= 0.3 is 0 Å². The number of carbonyl (C=O) groups excluding carboxylic acids is 2. The predicted octanol–water partition coefficient (Wildman–Crippen LogP) is 7.55. The Hall–Kier alpha value is -3.04. The van der Waals surface area contributed by atoms with Gasteiger partial charge < -0.3 is 14.8 Å². The summed E-state index contributed by atoms with van der Waals surface area (Å²) in [7, 11) is 1.51. The maximum atomic E-state index is 13.1. The summed E-state index contributed by atoms with van der Waals surface area (Å²) in [4.78, 5) is 27.5. The molecule has 10 heteroatoms. The van der Waals surface area contributed by atoms with Crippen molar-refractivity contribution in [2.45, 2.75) is 19.8 Å². The van der Waals surface area contributed by atoms with E-state index in [1.807, 2.05) is 24.3 Å². The molecule has 1 aliphatic rings. The fraction of sp³-hybridized carbons (Fsp3) is 0.179. The van der Waals surface area contributed by atoms with Gasteiger partial charge in [-0.2, -0.15) is 0 Å². The highest BCUT2D eigenvalue weighted by molar-refractivity contribution is 8.27. The maximum absolute atomic E-state index is 13.1. The Morgan fingerprint density at radius 2 is 1.87 bits per heavy atom. The van der Waals surface area contributed by atoms with Crippen LogP contribution in [0.5, 0.6) is 11.5 Å². The number of ether oxygens (including phenoxy) is 2. The maximum Gasteiger partial charge on any atom is 0.270 e. The van der Waals surface area contributed by atoms with Crippen molar-refractivity contribution in [3.63, 3.8) is 0 Å². The number of nitrogens with one attached hydrogen (secondary N) is 1. The van der Waals surface area contributed by atoms with Crippen LogP contribution < -0.4 is 19.7 Å². The molecular formula is C28H24Cl2N2O4S2. The fourth-order valence-electron chi connectivity index (χ4n) is 3.83. The van der Waals surface area contributed by atoms with Gasteiger partial charge in [0.05, 0.1) is 22.7 Å². The summed E-state index contributed by atoms with van der Waals surface area (Å²) >= 11 is 18.9. The molecule has 0 bridgehead atoms. The number of carbonyl (C=O) groups is 2. The molecule has 1 fully saturated rings. The normalized spacial score (nSPS) is 14.4. The number of methoxy groups -OCH3 is 1. The number of para-hydroxylation sites is 1. The minimum Gasteiger partial charge on any atom is -0.493 e. The van der Waals surface area contributed by atoms with E-state index in [0.29, 0.717) is 42.0 Å².